The van der Waals surface area contributed by atoms with Crippen molar-refractivity contribution in [2.45, 2.75) is 36.9 Å². The van der Waals surface area contributed by atoms with Crippen molar-refractivity contribution in [3.8, 4) is 0 Å². The molecule has 1 saturated heterocycles. The molecule has 8 heteroatoms. The minimum Gasteiger partial charge on any atom is -0.379 e. The van der Waals surface area contributed by atoms with Crippen molar-refractivity contribution >= 4 is 27.3 Å². The normalized spacial score (nSPS) is 15.5. The van der Waals surface area contributed by atoms with Crippen molar-refractivity contribution in [3.05, 3.63) is 52.4 Å². The van der Waals surface area contributed by atoms with Crippen molar-refractivity contribution in [1.82, 2.24) is 9.62 Å². The zero-order valence-corrected chi connectivity index (χ0v) is 17.7. The fourth-order valence-electron chi connectivity index (χ4n) is 2.99. The highest BCUT2D eigenvalue weighted by atomic mass is 32.2. The number of aryl methyl sites for hydroxylation is 2. The molecule has 0 radical (unpaired) electrons. The molecule has 0 saturated carbocycles. The molecule has 1 amide bonds. The van der Waals surface area contributed by atoms with Gasteiger partial charge in [-0.15, -0.1) is 11.3 Å². The molecule has 1 N–H and O–H groups in total. The predicted octanol–water partition coefficient (Wildman–Crippen LogP) is 2.72. The number of thiophene rings is 1. The molecule has 1 aliphatic rings. The standard InChI is InChI=1S/C20H26N2O4S2/c1-16-5-7-17(8-6-16)3-2-4-19(23)21-15-18-9-10-20(27-18)28(24,25)22-11-13-26-14-12-22/h5-10H,2-4,11-15H2,1H3,(H,21,23). The minimum atomic E-state index is -3.47. The summed E-state index contributed by atoms with van der Waals surface area (Å²) in [4.78, 5) is 12.9. The van der Waals surface area contributed by atoms with Crippen molar-refractivity contribution < 1.29 is 17.9 Å². The summed E-state index contributed by atoms with van der Waals surface area (Å²) < 4.78 is 32.2. The smallest absolute Gasteiger partial charge is 0.252 e. The second-order valence-electron chi connectivity index (χ2n) is 6.85. The van der Waals surface area contributed by atoms with Gasteiger partial charge in [0.2, 0.25) is 5.91 Å². The lowest BCUT2D eigenvalue weighted by molar-refractivity contribution is -0.121. The number of benzene rings is 1. The van der Waals surface area contributed by atoms with Crippen LogP contribution in [0.25, 0.3) is 0 Å². The summed E-state index contributed by atoms with van der Waals surface area (Å²) in [5.74, 6) is -0.0156. The molecule has 28 heavy (non-hydrogen) atoms. The average molecular weight is 423 g/mol. The lowest BCUT2D eigenvalue weighted by Crippen LogP contribution is -2.40. The second-order valence-corrected chi connectivity index (χ2v) is 10.2. The van der Waals surface area contributed by atoms with Gasteiger partial charge in [-0.3, -0.25) is 4.79 Å². The van der Waals surface area contributed by atoms with Gasteiger partial charge in [0.1, 0.15) is 4.21 Å². The largest absolute Gasteiger partial charge is 0.379 e. The van der Waals surface area contributed by atoms with Crippen molar-refractivity contribution in [2.24, 2.45) is 0 Å². The quantitative estimate of drug-likeness (QED) is 0.710. The van der Waals surface area contributed by atoms with Crippen LogP contribution in [0.4, 0.5) is 0 Å². The third-order valence-electron chi connectivity index (χ3n) is 4.65. The SMILES string of the molecule is Cc1ccc(CCCC(=O)NCc2ccc(S(=O)(=O)N3CCOCC3)s2)cc1. The fraction of sp³-hybridized carbons (Fsp3) is 0.450. The average Bonchev–Trinajstić information content (AvgIpc) is 3.19. The van der Waals surface area contributed by atoms with Crippen LogP contribution in [0.1, 0.15) is 28.8 Å². The maximum Gasteiger partial charge on any atom is 0.252 e. The van der Waals surface area contributed by atoms with Crippen LogP contribution in [-0.2, 0) is 32.5 Å². The first-order chi connectivity index (χ1) is 13.4. The Balaban J connectivity index is 1.44. The Labute approximate surface area is 170 Å². The molecule has 2 aromatic rings. The molecule has 3 rings (SSSR count). The topological polar surface area (TPSA) is 75.7 Å². The first kappa shape index (κ1) is 21.0. The first-order valence-corrected chi connectivity index (χ1v) is 11.7. The van der Waals surface area contributed by atoms with Crippen LogP contribution in [0, 0.1) is 6.92 Å². The maximum absolute atomic E-state index is 12.6. The third kappa shape index (κ3) is 5.64. The van der Waals surface area contributed by atoms with Gasteiger partial charge in [-0.05, 0) is 37.5 Å². The van der Waals surface area contributed by atoms with E-state index in [1.54, 1.807) is 12.1 Å². The van der Waals surface area contributed by atoms with Crippen LogP contribution in [-0.4, -0.2) is 44.9 Å². The molecule has 1 aliphatic heterocycles. The van der Waals surface area contributed by atoms with Gasteiger partial charge >= 0.3 is 0 Å². The number of hydrogen-bond acceptors (Lipinski definition) is 5. The minimum absolute atomic E-state index is 0.0156. The van der Waals surface area contributed by atoms with Gasteiger partial charge in [-0.25, -0.2) is 8.42 Å². The van der Waals surface area contributed by atoms with Crippen LogP contribution in [0.3, 0.4) is 0 Å². The predicted molar refractivity (Wildman–Crippen MR) is 110 cm³/mol. The van der Waals surface area contributed by atoms with Crippen LogP contribution >= 0.6 is 11.3 Å². The highest BCUT2D eigenvalue weighted by Gasteiger charge is 2.27. The molecular weight excluding hydrogens is 396 g/mol. The zero-order chi connectivity index (χ0) is 20.0. The van der Waals surface area contributed by atoms with Crippen molar-refractivity contribution in [3.63, 3.8) is 0 Å². The number of amides is 1. The number of sulfonamides is 1. The number of rotatable bonds is 8. The first-order valence-electron chi connectivity index (χ1n) is 9.44. The Hall–Kier alpha value is -1.74. The molecule has 0 unspecified atom stereocenters. The number of carbonyl (C=O) groups is 1. The van der Waals surface area contributed by atoms with E-state index in [2.05, 4.69) is 36.5 Å². The van der Waals surface area contributed by atoms with Crippen LogP contribution in [0.5, 0.6) is 0 Å². The molecular formula is C20H26N2O4S2. The lowest BCUT2D eigenvalue weighted by atomic mass is 10.1. The van der Waals surface area contributed by atoms with Gasteiger partial charge in [0.05, 0.1) is 19.8 Å². The molecule has 152 valence electrons. The third-order valence-corrected chi connectivity index (χ3v) is 8.10. The molecule has 1 aromatic heterocycles. The molecule has 0 atom stereocenters. The highest BCUT2D eigenvalue weighted by Crippen LogP contribution is 2.25. The van der Waals surface area contributed by atoms with Crippen LogP contribution in [0.2, 0.25) is 0 Å². The zero-order valence-electron chi connectivity index (χ0n) is 16.0. The number of hydrogen-bond donors (Lipinski definition) is 1. The summed E-state index contributed by atoms with van der Waals surface area (Å²) >= 11 is 1.21. The summed E-state index contributed by atoms with van der Waals surface area (Å²) in [7, 11) is -3.47. The monoisotopic (exact) mass is 422 g/mol. The molecule has 6 nitrogen and oxygen atoms in total. The fourth-order valence-corrected chi connectivity index (χ4v) is 5.85. The molecule has 1 fully saturated rings. The molecule has 0 bridgehead atoms. The van der Waals surface area contributed by atoms with Gasteiger partial charge in [-0.2, -0.15) is 4.31 Å². The molecule has 2 heterocycles. The Bertz CT molecular complexity index is 885. The van der Waals surface area contributed by atoms with E-state index in [-0.39, 0.29) is 5.91 Å². The van der Waals surface area contributed by atoms with Crippen molar-refractivity contribution in [2.75, 3.05) is 26.3 Å². The number of carbonyl (C=O) groups excluding carboxylic acids is 1. The van der Waals surface area contributed by atoms with E-state index in [4.69, 9.17) is 4.74 Å². The van der Waals surface area contributed by atoms with Crippen LogP contribution < -0.4 is 5.32 Å². The molecule has 1 aromatic carbocycles. The maximum atomic E-state index is 12.6. The summed E-state index contributed by atoms with van der Waals surface area (Å²) in [5.41, 5.74) is 2.46. The van der Waals surface area contributed by atoms with E-state index in [0.717, 1.165) is 17.7 Å². The van der Waals surface area contributed by atoms with Gasteiger partial charge in [0, 0.05) is 24.4 Å². The number of nitrogens with one attached hydrogen (secondary N) is 1. The van der Waals surface area contributed by atoms with Crippen LogP contribution in [0.15, 0.2) is 40.6 Å². The Morgan fingerprint density at radius 3 is 2.57 bits per heavy atom. The van der Waals surface area contributed by atoms with Gasteiger partial charge < -0.3 is 10.1 Å². The van der Waals surface area contributed by atoms with Gasteiger partial charge in [0.25, 0.3) is 10.0 Å². The molecule has 0 aliphatic carbocycles. The number of morpholine rings is 1. The molecule has 0 spiro atoms. The Morgan fingerprint density at radius 2 is 1.86 bits per heavy atom. The highest BCUT2D eigenvalue weighted by molar-refractivity contribution is 7.91. The van der Waals surface area contributed by atoms with E-state index >= 15 is 0 Å². The number of nitrogens with zero attached hydrogens (tertiary/aromatic N) is 1. The van der Waals surface area contributed by atoms with E-state index in [1.165, 1.54) is 26.8 Å². The Morgan fingerprint density at radius 1 is 1.14 bits per heavy atom. The summed E-state index contributed by atoms with van der Waals surface area (Å²) in [5, 5.41) is 2.88. The van der Waals surface area contributed by atoms with Gasteiger partial charge in [0.15, 0.2) is 0 Å². The summed E-state index contributed by atoms with van der Waals surface area (Å²) in [6.45, 7) is 4.03. The summed E-state index contributed by atoms with van der Waals surface area (Å²) in [6, 6.07) is 11.7. The van der Waals surface area contributed by atoms with E-state index in [9.17, 15) is 13.2 Å². The van der Waals surface area contributed by atoms with E-state index < -0.39 is 10.0 Å². The second kappa shape index (κ2) is 9.65. The van der Waals surface area contributed by atoms with Crippen molar-refractivity contribution in [1.29, 1.82) is 0 Å². The van der Waals surface area contributed by atoms with E-state index in [0.29, 0.717) is 43.5 Å². The Kier molecular flexibility index (Phi) is 7.23. The van der Waals surface area contributed by atoms with Gasteiger partial charge in [-0.1, -0.05) is 29.8 Å². The number of ether oxygens (including phenoxy) is 1. The summed E-state index contributed by atoms with van der Waals surface area (Å²) in [6.07, 6.45) is 2.11. The van der Waals surface area contributed by atoms with E-state index in [1.807, 2.05) is 0 Å². The lowest BCUT2D eigenvalue weighted by Gasteiger charge is -2.25.